The Labute approximate surface area is 119 Å². The van der Waals surface area contributed by atoms with E-state index in [1.165, 1.54) is 6.07 Å². The van der Waals surface area contributed by atoms with Crippen molar-refractivity contribution in [3.63, 3.8) is 0 Å². The van der Waals surface area contributed by atoms with E-state index in [2.05, 4.69) is 15.9 Å². The predicted octanol–water partition coefficient (Wildman–Crippen LogP) is 3.50. The molecule has 2 aromatic carbocycles. The molecule has 0 bridgehead atoms. The lowest BCUT2D eigenvalue weighted by atomic mass is 10.1. The number of hydrogen-bond acceptors (Lipinski definition) is 3. The molecular weight excluding hydrogens is 308 g/mol. The molecule has 0 aliphatic heterocycles. The summed E-state index contributed by atoms with van der Waals surface area (Å²) < 4.78 is 0.999. The molecule has 0 heterocycles. The van der Waals surface area contributed by atoms with Crippen molar-refractivity contribution >= 4 is 39.0 Å². The van der Waals surface area contributed by atoms with Gasteiger partial charge in [-0.25, -0.2) is 4.79 Å². The fourth-order valence-electron chi connectivity index (χ4n) is 1.80. The highest BCUT2D eigenvalue weighted by molar-refractivity contribution is 9.10. The van der Waals surface area contributed by atoms with Crippen LogP contribution in [0.5, 0.6) is 0 Å². The minimum absolute atomic E-state index is 0.186. The van der Waals surface area contributed by atoms with Gasteiger partial charge in [-0.05, 0) is 42.5 Å². The van der Waals surface area contributed by atoms with Gasteiger partial charge in [-0.2, -0.15) is 0 Å². The SMILES string of the molecule is CN(c1ccc(Br)cc1)c1ccc(C(=O)O)cc1N. The highest BCUT2D eigenvalue weighted by atomic mass is 79.9. The number of carbonyl (C=O) groups is 1. The van der Waals surface area contributed by atoms with Gasteiger partial charge in [0.25, 0.3) is 0 Å². The monoisotopic (exact) mass is 320 g/mol. The molecule has 0 saturated heterocycles. The molecule has 0 radical (unpaired) electrons. The second kappa shape index (κ2) is 5.32. The van der Waals surface area contributed by atoms with E-state index in [-0.39, 0.29) is 5.56 Å². The van der Waals surface area contributed by atoms with Gasteiger partial charge in [-0.1, -0.05) is 15.9 Å². The lowest BCUT2D eigenvalue weighted by Crippen LogP contribution is -2.12. The maximum atomic E-state index is 10.9. The van der Waals surface area contributed by atoms with Crippen molar-refractivity contribution in [2.24, 2.45) is 0 Å². The van der Waals surface area contributed by atoms with Gasteiger partial charge >= 0.3 is 5.97 Å². The number of nitrogen functional groups attached to an aromatic ring is 1. The molecule has 0 amide bonds. The first-order valence-electron chi connectivity index (χ1n) is 5.61. The number of carboxylic acids is 1. The Morgan fingerprint density at radius 3 is 2.37 bits per heavy atom. The number of hydrogen-bond donors (Lipinski definition) is 2. The lowest BCUT2D eigenvalue weighted by Gasteiger charge is -2.21. The number of aromatic carboxylic acids is 1. The van der Waals surface area contributed by atoms with Crippen molar-refractivity contribution in [3.05, 3.63) is 52.5 Å². The molecule has 0 fully saturated rings. The van der Waals surface area contributed by atoms with E-state index < -0.39 is 5.97 Å². The van der Waals surface area contributed by atoms with Gasteiger partial charge in [-0.3, -0.25) is 0 Å². The molecule has 5 heteroatoms. The van der Waals surface area contributed by atoms with Crippen LogP contribution >= 0.6 is 15.9 Å². The fraction of sp³-hybridized carbons (Fsp3) is 0.0714. The van der Waals surface area contributed by atoms with Crippen molar-refractivity contribution < 1.29 is 9.90 Å². The van der Waals surface area contributed by atoms with Crippen LogP contribution in [-0.2, 0) is 0 Å². The van der Waals surface area contributed by atoms with E-state index in [4.69, 9.17) is 10.8 Å². The Morgan fingerprint density at radius 2 is 1.84 bits per heavy atom. The zero-order valence-corrected chi connectivity index (χ0v) is 11.9. The maximum Gasteiger partial charge on any atom is 0.335 e. The molecule has 19 heavy (non-hydrogen) atoms. The molecule has 0 unspecified atom stereocenters. The first-order valence-corrected chi connectivity index (χ1v) is 6.40. The topological polar surface area (TPSA) is 66.6 Å². The molecule has 0 aromatic heterocycles. The Bertz CT molecular complexity index is 611. The van der Waals surface area contributed by atoms with E-state index >= 15 is 0 Å². The Hall–Kier alpha value is -2.01. The molecule has 4 nitrogen and oxygen atoms in total. The highest BCUT2D eigenvalue weighted by Gasteiger charge is 2.10. The van der Waals surface area contributed by atoms with Crippen LogP contribution in [0.3, 0.4) is 0 Å². The van der Waals surface area contributed by atoms with Crippen LogP contribution in [0.25, 0.3) is 0 Å². The molecule has 0 aliphatic rings. The van der Waals surface area contributed by atoms with E-state index in [1.54, 1.807) is 12.1 Å². The van der Waals surface area contributed by atoms with Crippen molar-refractivity contribution in [2.75, 3.05) is 17.7 Å². The van der Waals surface area contributed by atoms with Crippen LogP contribution in [0.1, 0.15) is 10.4 Å². The molecule has 0 aliphatic carbocycles. The third kappa shape index (κ3) is 2.88. The summed E-state index contributed by atoms with van der Waals surface area (Å²) in [6.45, 7) is 0. The van der Waals surface area contributed by atoms with Crippen LogP contribution in [0.15, 0.2) is 46.9 Å². The summed E-state index contributed by atoms with van der Waals surface area (Å²) in [4.78, 5) is 12.8. The van der Waals surface area contributed by atoms with Crippen molar-refractivity contribution in [1.29, 1.82) is 0 Å². The zero-order chi connectivity index (χ0) is 14.0. The van der Waals surface area contributed by atoms with Crippen LogP contribution in [-0.4, -0.2) is 18.1 Å². The average molecular weight is 321 g/mol. The van der Waals surface area contributed by atoms with Crippen LogP contribution < -0.4 is 10.6 Å². The van der Waals surface area contributed by atoms with E-state index in [9.17, 15) is 4.79 Å². The molecule has 2 aromatic rings. The summed E-state index contributed by atoms with van der Waals surface area (Å²) in [7, 11) is 1.88. The van der Waals surface area contributed by atoms with E-state index in [0.29, 0.717) is 5.69 Å². The summed E-state index contributed by atoms with van der Waals surface area (Å²) >= 11 is 3.38. The molecular formula is C14H13BrN2O2. The standard InChI is InChI=1S/C14H13BrN2O2/c1-17(11-5-3-10(15)4-6-11)13-7-2-9(14(18)19)8-12(13)16/h2-8H,16H2,1H3,(H,18,19). The van der Waals surface area contributed by atoms with E-state index in [0.717, 1.165) is 15.8 Å². The third-order valence-electron chi connectivity index (χ3n) is 2.85. The highest BCUT2D eigenvalue weighted by Crippen LogP contribution is 2.30. The molecule has 0 spiro atoms. The summed E-state index contributed by atoms with van der Waals surface area (Å²) in [5, 5.41) is 8.91. The first kappa shape index (κ1) is 13.4. The summed E-state index contributed by atoms with van der Waals surface area (Å²) in [6, 6.07) is 12.5. The number of carboxylic acid groups (broad SMARTS) is 1. The van der Waals surface area contributed by atoms with Gasteiger partial charge in [-0.15, -0.1) is 0 Å². The number of anilines is 3. The molecule has 0 saturated carbocycles. The Morgan fingerprint density at radius 1 is 1.21 bits per heavy atom. The number of benzene rings is 2. The van der Waals surface area contributed by atoms with Crippen LogP contribution in [0.4, 0.5) is 17.1 Å². The largest absolute Gasteiger partial charge is 0.478 e. The van der Waals surface area contributed by atoms with Crippen LogP contribution in [0.2, 0.25) is 0 Å². The Kier molecular flexibility index (Phi) is 3.76. The average Bonchev–Trinajstić information content (AvgIpc) is 2.38. The lowest BCUT2D eigenvalue weighted by molar-refractivity contribution is 0.0697. The summed E-state index contributed by atoms with van der Waals surface area (Å²) in [5.74, 6) is -0.982. The molecule has 2 rings (SSSR count). The number of nitrogens with two attached hydrogens (primary N) is 1. The van der Waals surface area contributed by atoms with Crippen molar-refractivity contribution in [2.45, 2.75) is 0 Å². The van der Waals surface area contributed by atoms with E-state index in [1.807, 2.05) is 36.2 Å². The smallest absolute Gasteiger partial charge is 0.335 e. The zero-order valence-electron chi connectivity index (χ0n) is 10.3. The van der Waals surface area contributed by atoms with Gasteiger partial charge in [0, 0.05) is 17.2 Å². The quantitative estimate of drug-likeness (QED) is 0.849. The van der Waals surface area contributed by atoms with Gasteiger partial charge in [0.15, 0.2) is 0 Å². The van der Waals surface area contributed by atoms with Crippen molar-refractivity contribution in [1.82, 2.24) is 0 Å². The normalized spacial score (nSPS) is 10.2. The van der Waals surface area contributed by atoms with Crippen LogP contribution in [0, 0.1) is 0 Å². The number of halogens is 1. The predicted molar refractivity (Wildman–Crippen MR) is 80.0 cm³/mol. The van der Waals surface area contributed by atoms with Gasteiger partial charge in [0.2, 0.25) is 0 Å². The fourth-order valence-corrected chi connectivity index (χ4v) is 2.06. The number of rotatable bonds is 3. The van der Waals surface area contributed by atoms with Crippen molar-refractivity contribution in [3.8, 4) is 0 Å². The molecule has 0 atom stereocenters. The summed E-state index contributed by atoms with van der Waals surface area (Å²) in [6.07, 6.45) is 0. The van der Waals surface area contributed by atoms with Gasteiger partial charge in [0.1, 0.15) is 0 Å². The first-order chi connectivity index (χ1) is 8.99. The van der Waals surface area contributed by atoms with Gasteiger partial charge < -0.3 is 15.7 Å². The third-order valence-corrected chi connectivity index (χ3v) is 3.38. The van der Waals surface area contributed by atoms with Gasteiger partial charge in [0.05, 0.1) is 16.9 Å². The maximum absolute atomic E-state index is 10.9. The minimum atomic E-state index is -0.982. The second-order valence-corrected chi connectivity index (χ2v) is 5.03. The molecule has 98 valence electrons. The molecule has 3 N–H and O–H groups in total. The summed E-state index contributed by atoms with van der Waals surface area (Å²) in [5.41, 5.74) is 8.28. The minimum Gasteiger partial charge on any atom is -0.478 e. The Balaban J connectivity index is 2.36. The number of nitrogens with zero attached hydrogens (tertiary/aromatic N) is 1. The second-order valence-electron chi connectivity index (χ2n) is 4.11.